The summed E-state index contributed by atoms with van der Waals surface area (Å²) < 4.78 is 5.08. The average Bonchev–Trinajstić information content (AvgIpc) is 3.61. The summed E-state index contributed by atoms with van der Waals surface area (Å²) in [6, 6.07) is 32.3. The van der Waals surface area contributed by atoms with E-state index in [1.54, 1.807) is 11.3 Å². The third-order valence-corrected chi connectivity index (χ3v) is 10.3. The van der Waals surface area contributed by atoms with Crippen LogP contribution in [0.3, 0.4) is 0 Å². The van der Waals surface area contributed by atoms with E-state index in [-0.39, 0.29) is 0 Å². The molecule has 44 heavy (non-hydrogen) atoms. The molecule has 9 rings (SSSR count). The van der Waals surface area contributed by atoms with Crippen molar-refractivity contribution in [3.63, 3.8) is 0 Å². The number of aromatic nitrogens is 2. The molecule has 2 aromatic heterocycles. The Morgan fingerprint density at radius 1 is 0.500 bits per heavy atom. The van der Waals surface area contributed by atoms with Crippen LogP contribution in [0.2, 0.25) is 0 Å². The fourth-order valence-electron chi connectivity index (χ4n) is 8.14. The van der Waals surface area contributed by atoms with Crippen molar-refractivity contribution in [1.82, 2.24) is 9.13 Å². The summed E-state index contributed by atoms with van der Waals surface area (Å²) in [5.74, 6) is 0. The third-order valence-electron chi connectivity index (χ3n) is 10.3. The molecule has 3 aliphatic rings. The highest BCUT2D eigenvalue weighted by Gasteiger charge is 2.23. The van der Waals surface area contributed by atoms with Crippen LogP contribution in [0.25, 0.3) is 60.8 Å². The van der Waals surface area contributed by atoms with E-state index in [0.29, 0.717) is 0 Å². The number of allylic oxidation sites excluding steroid dienone is 6. The molecule has 3 aliphatic carbocycles. The molecule has 0 saturated carbocycles. The van der Waals surface area contributed by atoms with Crippen molar-refractivity contribution in [3.8, 4) is 16.8 Å². The van der Waals surface area contributed by atoms with Crippen molar-refractivity contribution >= 4 is 44.0 Å². The van der Waals surface area contributed by atoms with Gasteiger partial charge in [-0.05, 0) is 134 Å². The van der Waals surface area contributed by atoms with Gasteiger partial charge in [-0.3, -0.25) is 0 Å². The Morgan fingerprint density at radius 2 is 1.23 bits per heavy atom. The average molecular weight is 571 g/mol. The molecule has 6 aromatic rings. The van der Waals surface area contributed by atoms with Crippen molar-refractivity contribution in [3.05, 3.63) is 126 Å². The molecule has 2 nitrogen and oxygen atoms in total. The van der Waals surface area contributed by atoms with Gasteiger partial charge in [0.15, 0.2) is 0 Å². The maximum absolute atomic E-state index is 2.65. The quantitative estimate of drug-likeness (QED) is 0.199. The van der Waals surface area contributed by atoms with Crippen LogP contribution < -0.4 is 0 Å². The molecular weight excluding hydrogens is 532 g/mol. The molecule has 0 fully saturated rings. The lowest BCUT2D eigenvalue weighted by Gasteiger charge is -2.20. The van der Waals surface area contributed by atoms with Crippen molar-refractivity contribution < 1.29 is 0 Å². The van der Waals surface area contributed by atoms with Gasteiger partial charge < -0.3 is 9.13 Å². The Balaban J connectivity index is 1.17. The summed E-state index contributed by atoms with van der Waals surface area (Å²) in [6.45, 7) is 0. The zero-order valence-corrected chi connectivity index (χ0v) is 25.4. The second-order valence-electron chi connectivity index (χ2n) is 12.9. The number of hydrogen-bond donors (Lipinski definition) is 0. The standard InChI is InChI=1S/C42H38N2/c1-3-11-29(12-4-1)30-19-23-34(24-20-30)44-40-18-10-8-16-36(40)38-28-32(22-26-42(38)44)31-21-25-41-37(27-31)35-15-7-9-17-39(35)43(41)33-13-5-2-6-14-33/h3,8,10-13,16,18-28H,1-2,4-7,9,14-15,17H2. The van der Waals surface area contributed by atoms with Crippen LogP contribution in [0.1, 0.15) is 68.2 Å². The molecule has 2 heterocycles. The van der Waals surface area contributed by atoms with Gasteiger partial charge in [-0.2, -0.15) is 0 Å². The van der Waals surface area contributed by atoms with E-state index in [1.807, 2.05) is 0 Å². The van der Waals surface area contributed by atoms with E-state index in [9.17, 15) is 0 Å². The highest BCUT2D eigenvalue weighted by atomic mass is 15.0. The minimum absolute atomic E-state index is 1.13. The summed E-state index contributed by atoms with van der Waals surface area (Å²) >= 11 is 0. The van der Waals surface area contributed by atoms with Crippen molar-refractivity contribution in [1.29, 1.82) is 0 Å². The van der Waals surface area contributed by atoms with Crippen molar-refractivity contribution in [2.45, 2.75) is 64.2 Å². The normalized spacial score (nSPS) is 16.8. The first kappa shape index (κ1) is 25.9. The zero-order chi connectivity index (χ0) is 29.0. The monoisotopic (exact) mass is 570 g/mol. The molecule has 0 atom stereocenters. The minimum Gasteiger partial charge on any atom is -0.317 e. The summed E-state index contributed by atoms with van der Waals surface area (Å²) in [5, 5.41) is 4.08. The summed E-state index contributed by atoms with van der Waals surface area (Å²) in [5.41, 5.74) is 15.1. The fourth-order valence-corrected chi connectivity index (χ4v) is 8.14. The first-order chi connectivity index (χ1) is 21.8. The molecule has 0 amide bonds. The van der Waals surface area contributed by atoms with E-state index < -0.39 is 0 Å². The van der Waals surface area contributed by atoms with Gasteiger partial charge in [-0.15, -0.1) is 0 Å². The van der Waals surface area contributed by atoms with Gasteiger partial charge in [0, 0.05) is 33.2 Å². The largest absolute Gasteiger partial charge is 0.317 e. The van der Waals surface area contributed by atoms with Crippen LogP contribution in [0.5, 0.6) is 0 Å². The second kappa shape index (κ2) is 10.6. The Kier molecular flexibility index (Phi) is 6.21. The molecule has 0 N–H and O–H groups in total. The van der Waals surface area contributed by atoms with Crippen LogP contribution in [-0.4, -0.2) is 9.13 Å². The Hall–Kier alpha value is -4.56. The first-order valence-electron chi connectivity index (χ1n) is 16.7. The molecule has 0 saturated heterocycles. The van der Waals surface area contributed by atoms with E-state index in [2.05, 4.69) is 118 Å². The van der Waals surface area contributed by atoms with Crippen molar-refractivity contribution in [2.75, 3.05) is 0 Å². The third kappa shape index (κ3) is 4.15. The van der Waals surface area contributed by atoms with Crippen LogP contribution in [0.4, 0.5) is 0 Å². The molecule has 4 aromatic carbocycles. The van der Waals surface area contributed by atoms with Gasteiger partial charge in [-0.25, -0.2) is 0 Å². The SMILES string of the molecule is C1=CC(c2ccc(-n3c4ccccc4c4cc(-c5ccc6c(c5)c5c(n6C6=CCCCC6)CCCC5)ccc43)cc2)=CCC1. The Labute approximate surface area is 259 Å². The smallest absolute Gasteiger partial charge is 0.0541 e. The maximum atomic E-state index is 2.65. The second-order valence-corrected chi connectivity index (χ2v) is 12.9. The molecule has 216 valence electrons. The van der Waals surface area contributed by atoms with Crippen LogP contribution in [-0.2, 0) is 12.8 Å². The number of hydrogen-bond acceptors (Lipinski definition) is 0. The maximum Gasteiger partial charge on any atom is 0.0541 e. The molecule has 0 radical (unpaired) electrons. The number of para-hydroxylation sites is 1. The summed E-state index contributed by atoms with van der Waals surface area (Å²) in [6.07, 6.45) is 21.8. The van der Waals surface area contributed by atoms with Gasteiger partial charge in [0.2, 0.25) is 0 Å². The van der Waals surface area contributed by atoms with Gasteiger partial charge in [0.05, 0.1) is 16.6 Å². The first-order valence-corrected chi connectivity index (χ1v) is 16.7. The van der Waals surface area contributed by atoms with Crippen LogP contribution >= 0.6 is 0 Å². The molecular formula is C42H38N2. The topological polar surface area (TPSA) is 9.86 Å². The Bertz CT molecular complexity index is 2160. The number of aryl methyl sites for hydroxylation is 1. The molecule has 2 heteroatoms. The molecule has 0 bridgehead atoms. The highest BCUT2D eigenvalue weighted by molar-refractivity contribution is 6.10. The van der Waals surface area contributed by atoms with E-state index in [1.165, 1.54) is 118 Å². The summed E-state index contributed by atoms with van der Waals surface area (Å²) in [7, 11) is 0. The van der Waals surface area contributed by atoms with E-state index in [0.717, 1.165) is 12.8 Å². The molecule has 0 unspecified atom stereocenters. The molecule has 0 aliphatic heterocycles. The predicted octanol–water partition coefficient (Wildman–Crippen LogP) is 11.4. The predicted molar refractivity (Wildman–Crippen MR) is 187 cm³/mol. The zero-order valence-electron chi connectivity index (χ0n) is 25.4. The number of nitrogens with zero attached hydrogens (tertiary/aromatic N) is 2. The number of fused-ring (bicyclic) bond motifs is 6. The minimum atomic E-state index is 1.13. The highest BCUT2D eigenvalue weighted by Crippen LogP contribution is 2.40. The summed E-state index contributed by atoms with van der Waals surface area (Å²) in [4.78, 5) is 0. The lowest BCUT2D eigenvalue weighted by molar-refractivity contribution is 0.656. The number of rotatable bonds is 4. The molecule has 0 spiro atoms. The van der Waals surface area contributed by atoms with Crippen molar-refractivity contribution in [2.24, 2.45) is 0 Å². The van der Waals surface area contributed by atoms with Gasteiger partial charge in [0.25, 0.3) is 0 Å². The van der Waals surface area contributed by atoms with Crippen LogP contribution in [0, 0.1) is 0 Å². The van der Waals surface area contributed by atoms with E-state index in [4.69, 9.17) is 0 Å². The van der Waals surface area contributed by atoms with Gasteiger partial charge >= 0.3 is 0 Å². The lowest BCUT2D eigenvalue weighted by Crippen LogP contribution is -2.09. The Morgan fingerprint density at radius 3 is 2.02 bits per heavy atom. The van der Waals surface area contributed by atoms with Crippen LogP contribution in [0.15, 0.2) is 109 Å². The lowest BCUT2D eigenvalue weighted by atomic mass is 9.94. The van der Waals surface area contributed by atoms with Gasteiger partial charge in [0.1, 0.15) is 0 Å². The van der Waals surface area contributed by atoms with E-state index >= 15 is 0 Å². The number of benzene rings is 4. The fraction of sp³-hybridized carbons (Fsp3) is 0.238. The van der Waals surface area contributed by atoms with Gasteiger partial charge in [-0.1, -0.05) is 66.8 Å².